The van der Waals surface area contributed by atoms with E-state index in [4.69, 9.17) is 10.5 Å². The lowest BCUT2D eigenvalue weighted by Crippen LogP contribution is -2.22. The fourth-order valence-electron chi connectivity index (χ4n) is 1.86. The number of nitrogens with two attached hydrogens (primary N) is 1. The fraction of sp³-hybridized carbons (Fsp3) is 0.455. The molecule has 2 rings (SSSR count). The summed E-state index contributed by atoms with van der Waals surface area (Å²) in [4.78, 5) is 0.234. The predicted octanol–water partition coefficient (Wildman–Crippen LogP) is 1.05. The monoisotopic (exact) mass is 241 g/mol. The Balaban J connectivity index is 2.70. The summed E-state index contributed by atoms with van der Waals surface area (Å²) in [5.41, 5.74) is 6.27. The van der Waals surface area contributed by atoms with Crippen LogP contribution in [0.2, 0.25) is 0 Å². The molecule has 1 fully saturated rings. The van der Waals surface area contributed by atoms with E-state index in [2.05, 4.69) is 0 Å². The molecule has 5 heteroatoms. The second-order valence-corrected chi connectivity index (χ2v) is 6.22. The number of ether oxygens (including phenoxy) is 1. The Bertz CT molecular complexity index is 518. The van der Waals surface area contributed by atoms with Crippen LogP contribution in [0.3, 0.4) is 0 Å². The zero-order valence-corrected chi connectivity index (χ0v) is 10.2. The smallest absolute Gasteiger partial charge is 0.179 e. The third-order valence-electron chi connectivity index (χ3n) is 2.89. The van der Waals surface area contributed by atoms with E-state index in [0.717, 1.165) is 12.8 Å². The summed E-state index contributed by atoms with van der Waals surface area (Å²) in [5, 5.41) is 0. The second-order valence-electron chi connectivity index (χ2n) is 4.27. The van der Waals surface area contributed by atoms with Gasteiger partial charge in [-0.3, -0.25) is 0 Å². The molecular weight excluding hydrogens is 226 g/mol. The zero-order chi connectivity index (χ0) is 12.0. The van der Waals surface area contributed by atoms with E-state index >= 15 is 0 Å². The van der Waals surface area contributed by atoms with Crippen LogP contribution in [-0.4, -0.2) is 21.8 Å². The number of methoxy groups -OCH3 is 1. The van der Waals surface area contributed by atoms with Crippen molar-refractivity contribution in [2.75, 3.05) is 13.4 Å². The molecular formula is C11H15NO3S. The quantitative estimate of drug-likeness (QED) is 0.858. The first kappa shape index (κ1) is 11.4. The third-order valence-corrected chi connectivity index (χ3v) is 4.06. The Morgan fingerprint density at radius 2 is 2.00 bits per heavy atom. The highest BCUT2D eigenvalue weighted by molar-refractivity contribution is 7.90. The normalized spacial score (nSPS) is 18.2. The van der Waals surface area contributed by atoms with Crippen LogP contribution < -0.4 is 10.5 Å². The van der Waals surface area contributed by atoms with Crippen molar-refractivity contribution in [1.29, 1.82) is 0 Å². The van der Waals surface area contributed by atoms with Crippen LogP contribution in [-0.2, 0) is 15.4 Å². The molecule has 0 saturated heterocycles. The molecule has 16 heavy (non-hydrogen) atoms. The van der Waals surface area contributed by atoms with Gasteiger partial charge < -0.3 is 10.5 Å². The maximum Gasteiger partial charge on any atom is 0.179 e. The maximum atomic E-state index is 11.8. The molecule has 1 saturated carbocycles. The molecule has 0 radical (unpaired) electrons. The lowest BCUT2D eigenvalue weighted by molar-refractivity contribution is 0.400. The Morgan fingerprint density at radius 1 is 1.38 bits per heavy atom. The van der Waals surface area contributed by atoms with Crippen LogP contribution in [0.1, 0.15) is 18.4 Å². The molecule has 0 atom stereocenters. The van der Waals surface area contributed by atoms with Crippen molar-refractivity contribution >= 4 is 9.84 Å². The van der Waals surface area contributed by atoms with Gasteiger partial charge in [0.1, 0.15) is 10.6 Å². The standard InChI is InChI=1S/C11H15NO3S/c1-15-9-5-3-4-8(11(12)6-7-11)10(9)16(2,13)14/h3-5H,6-7,12H2,1-2H3. The molecule has 1 aromatic rings. The minimum Gasteiger partial charge on any atom is -0.495 e. The zero-order valence-electron chi connectivity index (χ0n) is 9.36. The minimum atomic E-state index is -3.32. The molecule has 0 unspecified atom stereocenters. The van der Waals surface area contributed by atoms with Crippen molar-refractivity contribution in [1.82, 2.24) is 0 Å². The van der Waals surface area contributed by atoms with Gasteiger partial charge in [0.05, 0.1) is 7.11 Å². The highest BCUT2D eigenvalue weighted by Gasteiger charge is 2.43. The van der Waals surface area contributed by atoms with Crippen LogP contribution in [0.5, 0.6) is 5.75 Å². The third kappa shape index (κ3) is 1.81. The SMILES string of the molecule is COc1cccc(C2(N)CC2)c1S(C)(=O)=O. The predicted molar refractivity (Wildman–Crippen MR) is 61.2 cm³/mol. The number of hydrogen-bond acceptors (Lipinski definition) is 4. The fourth-order valence-corrected chi connectivity index (χ4v) is 3.04. The van der Waals surface area contributed by atoms with Crippen molar-refractivity contribution in [3.63, 3.8) is 0 Å². The molecule has 88 valence electrons. The molecule has 4 nitrogen and oxygen atoms in total. The molecule has 1 aromatic carbocycles. The first-order valence-corrected chi connectivity index (χ1v) is 6.94. The van der Waals surface area contributed by atoms with Gasteiger partial charge in [0.25, 0.3) is 0 Å². The molecule has 0 amide bonds. The molecule has 0 aliphatic heterocycles. The Kier molecular flexibility index (Phi) is 2.47. The summed E-state index contributed by atoms with van der Waals surface area (Å²) in [6, 6.07) is 5.19. The van der Waals surface area contributed by atoms with E-state index in [-0.39, 0.29) is 4.90 Å². The average Bonchev–Trinajstić information content (AvgIpc) is 2.95. The second kappa shape index (κ2) is 3.46. The van der Waals surface area contributed by atoms with Crippen LogP contribution in [0, 0.1) is 0 Å². The van der Waals surface area contributed by atoms with E-state index in [9.17, 15) is 8.42 Å². The number of rotatable bonds is 3. The first-order chi connectivity index (χ1) is 7.38. The Hall–Kier alpha value is -1.07. The molecule has 1 aliphatic carbocycles. The maximum absolute atomic E-state index is 11.8. The lowest BCUT2D eigenvalue weighted by atomic mass is 10.1. The van der Waals surface area contributed by atoms with Gasteiger partial charge in [-0.05, 0) is 24.5 Å². The summed E-state index contributed by atoms with van der Waals surface area (Å²) in [6.07, 6.45) is 2.82. The summed E-state index contributed by atoms with van der Waals surface area (Å²) in [7, 11) is -1.86. The summed E-state index contributed by atoms with van der Waals surface area (Å²) in [5.74, 6) is 0.372. The van der Waals surface area contributed by atoms with Crippen molar-refractivity contribution in [3.8, 4) is 5.75 Å². The van der Waals surface area contributed by atoms with Crippen LogP contribution in [0.25, 0.3) is 0 Å². The van der Waals surface area contributed by atoms with Crippen molar-refractivity contribution in [3.05, 3.63) is 23.8 Å². The van der Waals surface area contributed by atoms with E-state index in [1.807, 2.05) is 0 Å². The molecule has 0 heterocycles. The highest BCUT2D eigenvalue weighted by atomic mass is 32.2. The van der Waals surface area contributed by atoms with Gasteiger partial charge in [-0.25, -0.2) is 8.42 Å². The number of benzene rings is 1. The summed E-state index contributed by atoms with van der Waals surface area (Å²) >= 11 is 0. The van der Waals surface area contributed by atoms with Crippen LogP contribution in [0.15, 0.2) is 23.1 Å². The largest absolute Gasteiger partial charge is 0.495 e. The molecule has 2 N–H and O–H groups in total. The topological polar surface area (TPSA) is 69.4 Å². The van der Waals surface area contributed by atoms with Gasteiger partial charge in [-0.1, -0.05) is 12.1 Å². The highest BCUT2D eigenvalue weighted by Crippen LogP contribution is 2.47. The van der Waals surface area contributed by atoms with E-state index in [1.54, 1.807) is 18.2 Å². The Morgan fingerprint density at radius 3 is 2.44 bits per heavy atom. The molecule has 0 bridgehead atoms. The van der Waals surface area contributed by atoms with Gasteiger partial charge in [0, 0.05) is 11.8 Å². The lowest BCUT2D eigenvalue weighted by Gasteiger charge is -2.16. The summed E-state index contributed by atoms with van der Waals surface area (Å²) in [6.45, 7) is 0. The van der Waals surface area contributed by atoms with Gasteiger partial charge in [-0.15, -0.1) is 0 Å². The van der Waals surface area contributed by atoms with Gasteiger partial charge in [-0.2, -0.15) is 0 Å². The number of hydrogen-bond donors (Lipinski definition) is 1. The van der Waals surface area contributed by atoms with E-state index in [0.29, 0.717) is 11.3 Å². The van der Waals surface area contributed by atoms with E-state index < -0.39 is 15.4 Å². The van der Waals surface area contributed by atoms with Gasteiger partial charge >= 0.3 is 0 Å². The van der Waals surface area contributed by atoms with Crippen LogP contribution in [0.4, 0.5) is 0 Å². The van der Waals surface area contributed by atoms with Crippen molar-refractivity contribution < 1.29 is 13.2 Å². The average molecular weight is 241 g/mol. The summed E-state index contributed by atoms with van der Waals surface area (Å²) < 4.78 is 28.6. The first-order valence-electron chi connectivity index (χ1n) is 5.05. The van der Waals surface area contributed by atoms with Crippen LogP contribution >= 0.6 is 0 Å². The molecule has 0 aromatic heterocycles. The number of sulfone groups is 1. The minimum absolute atomic E-state index is 0.234. The van der Waals surface area contributed by atoms with Gasteiger partial charge in [0.15, 0.2) is 9.84 Å². The van der Waals surface area contributed by atoms with Crippen molar-refractivity contribution in [2.45, 2.75) is 23.3 Å². The molecule has 1 aliphatic rings. The van der Waals surface area contributed by atoms with Gasteiger partial charge in [0.2, 0.25) is 0 Å². The van der Waals surface area contributed by atoms with Crippen molar-refractivity contribution in [2.24, 2.45) is 5.73 Å². The Labute approximate surface area is 95.3 Å². The molecule has 0 spiro atoms. The van der Waals surface area contributed by atoms with E-state index in [1.165, 1.54) is 13.4 Å².